The molecule has 1 aromatic carbocycles. The van der Waals surface area contributed by atoms with E-state index in [1.807, 2.05) is 0 Å². The summed E-state index contributed by atoms with van der Waals surface area (Å²) in [6.07, 6.45) is 1.57. The number of rotatable bonds is 1. The van der Waals surface area contributed by atoms with Crippen LogP contribution in [0.4, 0.5) is 10.1 Å². The molecule has 96 valence electrons. The van der Waals surface area contributed by atoms with Crippen molar-refractivity contribution in [3.8, 4) is 0 Å². The molecule has 1 aliphatic heterocycles. The fraction of sp³-hybridized carbons (Fsp3) is 0.385. The van der Waals surface area contributed by atoms with Crippen molar-refractivity contribution in [2.24, 2.45) is 0 Å². The lowest BCUT2D eigenvalue weighted by Crippen LogP contribution is -2.49. The molecule has 2 heterocycles. The molecule has 0 saturated carbocycles. The van der Waals surface area contributed by atoms with Gasteiger partial charge in [-0.05, 0) is 19.1 Å². The zero-order valence-corrected chi connectivity index (χ0v) is 10.8. The number of furan rings is 1. The van der Waals surface area contributed by atoms with Crippen LogP contribution in [-0.2, 0) is 0 Å². The van der Waals surface area contributed by atoms with Gasteiger partial charge in [0, 0.05) is 31.1 Å². The lowest BCUT2D eigenvalue weighted by Gasteiger charge is -2.34. The molecule has 0 bridgehead atoms. The minimum atomic E-state index is -0.397. The predicted octanol–water partition coefficient (Wildman–Crippen LogP) is 3.02. The lowest BCUT2D eigenvalue weighted by atomic mass is 10.1. The van der Waals surface area contributed by atoms with Crippen LogP contribution >= 0.6 is 11.6 Å². The van der Waals surface area contributed by atoms with Gasteiger partial charge in [-0.15, -0.1) is 0 Å². The molecule has 1 atom stereocenters. The number of hydrogen-bond donors (Lipinski definition) is 1. The van der Waals surface area contributed by atoms with Gasteiger partial charge in [-0.25, -0.2) is 4.39 Å². The number of benzene rings is 1. The van der Waals surface area contributed by atoms with Gasteiger partial charge in [0.1, 0.15) is 16.5 Å². The Kier molecular flexibility index (Phi) is 2.92. The van der Waals surface area contributed by atoms with E-state index in [0.717, 1.165) is 25.0 Å². The first-order chi connectivity index (χ1) is 8.66. The topological polar surface area (TPSA) is 28.4 Å². The van der Waals surface area contributed by atoms with Gasteiger partial charge in [-0.2, -0.15) is 0 Å². The van der Waals surface area contributed by atoms with E-state index in [0.29, 0.717) is 17.3 Å². The van der Waals surface area contributed by atoms with Gasteiger partial charge in [-0.3, -0.25) is 0 Å². The van der Waals surface area contributed by atoms with Crippen LogP contribution in [0.3, 0.4) is 0 Å². The summed E-state index contributed by atoms with van der Waals surface area (Å²) in [7, 11) is 0. The molecule has 3 nitrogen and oxygen atoms in total. The Morgan fingerprint density at radius 1 is 1.56 bits per heavy atom. The minimum absolute atomic E-state index is 0.145. The summed E-state index contributed by atoms with van der Waals surface area (Å²) in [6, 6.07) is 3.52. The van der Waals surface area contributed by atoms with Crippen molar-refractivity contribution in [3.63, 3.8) is 0 Å². The molecule has 0 spiro atoms. The van der Waals surface area contributed by atoms with E-state index >= 15 is 0 Å². The molecular weight excluding hydrogens is 255 g/mol. The van der Waals surface area contributed by atoms with Crippen LogP contribution < -0.4 is 10.2 Å². The number of halogens is 2. The molecule has 1 N–H and O–H groups in total. The van der Waals surface area contributed by atoms with Gasteiger partial charge in [0.15, 0.2) is 5.58 Å². The van der Waals surface area contributed by atoms with E-state index in [4.69, 9.17) is 16.0 Å². The van der Waals surface area contributed by atoms with Crippen LogP contribution in [0.2, 0.25) is 5.02 Å². The van der Waals surface area contributed by atoms with Gasteiger partial charge in [0.2, 0.25) is 0 Å². The van der Waals surface area contributed by atoms with E-state index in [-0.39, 0.29) is 5.02 Å². The van der Waals surface area contributed by atoms with Crippen molar-refractivity contribution in [2.45, 2.75) is 13.0 Å². The van der Waals surface area contributed by atoms with E-state index in [1.54, 1.807) is 12.3 Å². The highest BCUT2D eigenvalue weighted by Crippen LogP contribution is 2.37. The maximum atomic E-state index is 13.8. The molecule has 1 fully saturated rings. The van der Waals surface area contributed by atoms with Crippen molar-refractivity contribution in [2.75, 3.05) is 24.5 Å². The summed E-state index contributed by atoms with van der Waals surface area (Å²) in [5, 5.41) is 4.24. The third-order valence-electron chi connectivity index (χ3n) is 3.30. The number of hydrogen-bond acceptors (Lipinski definition) is 3. The molecule has 2 aromatic rings. The number of nitrogens with zero attached hydrogens (tertiary/aromatic N) is 1. The smallest absolute Gasteiger partial charge is 0.158 e. The van der Waals surface area contributed by atoms with Crippen molar-refractivity contribution >= 4 is 28.3 Å². The summed E-state index contributed by atoms with van der Waals surface area (Å²) in [6.45, 7) is 4.54. The Bertz CT molecular complexity index is 584. The van der Waals surface area contributed by atoms with Crippen LogP contribution in [0.5, 0.6) is 0 Å². The molecule has 0 aliphatic carbocycles. The van der Waals surface area contributed by atoms with Gasteiger partial charge < -0.3 is 14.6 Å². The largest absolute Gasteiger partial charge is 0.462 e. The van der Waals surface area contributed by atoms with E-state index < -0.39 is 5.82 Å². The number of piperazine rings is 1. The molecule has 18 heavy (non-hydrogen) atoms. The first-order valence-corrected chi connectivity index (χ1v) is 6.38. The Labute approximate surface area is 110 Å². The van der Waals surface area contributed by atoms with Crippen LogP contribution in [-0.4, -0.2) is 25.7 Å². The van der Waals surface area contributed by atoms with Crippen LogP contribution in [0.1, 0.15) is 6.92 Å². The second-order valence-corrected chi connectivity index (χ2v) is 5.04. The molecule has 3 rings (SSSR count). The zero-order chi connectivity index (χ0) is 12.7. The normalized spacial score (nSPS) is 20.6. The average Bonchev–Trinajstić information content (AvgIpc) is 2.78. The SMILES string of the molecule is C[C@@H]1CN(c2c(Cl)c(F)cc3ccoc23)CCN1. The standard InChI is InChI=1S/C13H14ClFN2O/c1-8-7-17(4-3-16-8)12-11(14)10(15)6-9-2-5-18-13(9)12/h2,5-6,8,16H,3-4,7H2,1H3/t8-/m1/s1. The molecule has 1 aliphatic rings. The molecule has 5 heteroatoms. The predicted molar refractivity (Wildman–Crippen MR) is 70.9 cm³/mol. The molecule has 1 saturated heterocycles. The maximum absolute atomic E-state index is 13.8. The summed E-state index contributed by atoms with van der Waals surface area (Å²) < 4.78 is 19.3. The second-order valence-electron chi connectivity index (χ2n) is 4.66. The first-order valence-electron chi connectivity index (χ1n) is 6.00. The van der Waals surface area contributed by atoms with E-state index in [9.17, 15) is 4.39 Å². The molecule has 0 unspecified atom stereocenters. The fourth-order valence-corrected chi connectivity index (χ4v) is 2.72. The van der Waals surface area contributed by atoms with E-state index in [2.05, 4.69) is 17.1 Å². The van der Waals surface area contributed by atoms with Crippen molar-refractivity contribution in [1.82, 2.24) is 5.32 Å². The molecule has 0 radical (unpaired) electrons. The van der Waals surface area contributed by atoms with Crippen LogP contribution in [0.15, 0.2) is 22.8 Å². The Balaban J connectivity index is 2.14. The third kappa shape index (κ3) is 1.85. The highest BCUT2D eigenvalue weighted by atomic mass is 35.5. The molecular formula is C13H14ClFN2O. The Hall–Kier alpha value is -1.26. The second kappa shape index (κ2) is 4.44. The van der Waals surface area contributed by atoms with E-state index in [1.165, 1.54) is 6.07 Å². The van der Waals surface area contributed by atoms with Crippen LogP contribution in [0.25, 0.3) is 11.0 Å². The van der Waals surface area contributed by atoms with Gasteiger partial charge in [0.25, 0.3) is 0 Å². The first kappa shape index (κ1) is 11.8. The van der Waals surface area contributed by atoms with Gasteiger partial charge in [-0.1, -0.05) is 11.6 Å². The van der Waals surface area contributed by atoms with Gasteiger partial charge >= 0.3 is 0 Å². The highest BCUT2D eigenvalue weighted by Gasteiger charge is 2.23. The summed E-state index contributed by atoms with van der Waals surface area (Å²) >= 11 is 6.11. The minimum Gasteiger partial charge on any atom is -0.462 e. The highest BCUT2D eigenvalue weighted by molar-refractivity contribution is 6.35. The third-order valence-corrected chi connectivity index (χ3v) is 3.66. The Morgan fingerprint density at radius 3 is 3.17 bits per heavy atom. The van der Waals surface area contributed by atoms with Crippen molar-refractivity contribution in [3.05, 3.63) is 29.2 Å². The zero-order valence-electron chi connectivity index (χ0n) is 10.0. The average molecular weight is 269 g/mol. The number of nitrogens with one attached hydrogen (secondary N) is 1. The van der Waals surface area contributed by atoms with Crippen molar-refractivity contribution in [1.29, 1.82) is 0 Å². The fourth-order valence-electron chi connectivity index (χ4n) is 2.46. The lowest BCUT2D eigenvalue weighted by molar-refractivity contribution is 0.483. The van der Waals surface area contributed by atoms with Crippen LogP contribution in [0, 0.1) is 5.82 Å². The number of fused-ring (bicyclic) bond motifs is 1. The quantitative estimate of drug-likeness (QED) is 0.862. The molecule has 1 aromatic heterocycles. The summed E-state index contributed by atoms with van der Waals surface area (Å²) in [5.41, 5.74) is 1.33. The summed E-state index contributed by atoms with van der Waals surface area (Å²) in [4.78, 5) is 2.08. The molecule has 0 amide bonds. The Morgan fingerprint density at radius 2 is 2.39 bits per heavy atom. The van der Waals surface area contributed by atoms with Crippen molar-refractivity contribution < 1.29 is 8.81 Å². The van der Waals surface area contributed by atoms with Gasteiger partial charge in [0.05, 0.1) is 6.26 Å². The maximum Gasteiger partial charge on any atom is 0.158 e. The summed E-state index contributed by atoms with van der Waals surface area (Å²) in [5.74, 6) is -0.397. The number of anilines is 1. The monoisotopic (exact) mass is 268 g/mol.